The van der Waals surface area contributed by atoms with Crippen LogP contribution < -0.4 is 0 Å². The quantitative estimate of drug-likeness (QED) is 0.694. The van der Waals surface area contributed by atoms with Crippen molar-refractivity contribution < 1.29 is 17.6 Å². The Morgan fingerprint density at radius 1 is 1.19 bits per heavy atom. The van der Waals surface area contributed by atoms with Crippen molar-refractivity contribution in [3.05, 3.63) is 34.6 Å². The van der Waals surface area contributed by atoms with Crippen LogP contribution >= 0.6 is 0 Å². The zero-order valence-electron chi connectivity index (χ0n) is 7.77. The van der Waals surface area contributed by atoms with Gasteiger partial charge in [0.05, 0.1) is 24.1 Å². The molecule has 2 nitrogen and oxygen atoms in total. The van der Waals surface area contributed by atoms with Crippen molar-refractivity contribution in [2.75, 3.05) is 0 Å². The van der Waals surface area contributed by atoms with Crippen LogP contribution in [0.4, 0.5) is 17.6 Å². The Morgan fingerprint density at radius 2 is 1.81 bits per heavy atom. The summed E-state index contributed by atoms with van der Waals surface area (Å²) in [6, 6.07) is 4.42. The maximum absolute atomic E-state index is 13.1. The van der Waals surface area contributed by atoms with E-state index in [0.29, 0.717) is 6.07 Å². The predicted molar refractivity (Wildman–Crippen MR) is 45.4 cm³/mol. The van der Waals surface area contributed by atoms with Crippen LogP contribution in [0.3, 0.4) is 0 Å². The largest absolute Gasteiger partial charge is 0.420 e. The van der Waals surface area contributed by atoms with Crippen LogP contribution in [0.1, 0.15) is 16.7 Å². The lowest BCUT2D eigenvalue weighted by atomic mass is 10.0. The van der Waals surface area contributed by atoms with Crippen molar-refractivity contribution >= 4 is 0 Å². The molecule has 0 N–H and O–H groups in total. The van der Waals surface area contributed by atoms with E-state index < -0.39 is 23.1 Å². The van der Waals surface area contributed by atoms with Gasteiger partial charge in [-0.2, -0.15) is 23.7 Å². The molecule has 0 atom stereocenters. The molecule has 0 unspecified atom stereocenters. The first-order valence-corrected chi connectivity index (χ1v) is 4.06. The minimum absolute atomic E-state index is 0.0459. The van der Waals surface area contributed by atoms with E-state index in [0.717, 1.165) is 6.07 Å². The van der Waals surface area contributed by atoms with Gasteiger partial charge in [0, 0.05) is 0 Å². The molecular weight excluding hydrogens is 224 g/mol. The zero-order valence-corrected chi connectivity index (χ0v) is 7.77. The van der Waals surface area contributed by atoms with Gasteiger partial charge in [0.25, 0.3) is 0 Å². The maximum Gasteiger partial charge on any atom is 0.420 e. The number of nitrogens with zero attached hydrogens (tertiary/aromatic N) is 2. The Balaban J connectivity index is 3.44. The lowest BCUT2D eigenvalue weighted by Crippen LogP contribution is -2.11. The van der Waals surface area contributed by atoms with Gasteiger partial charge in [-0.1, -0.05) is 0 Å². The van der Waals surface area contributed by atoms with Gasteiger partial charge in [-0.25, -0.2) is 4.39 Å². The highest BCUT2D eigenvalue weighted by molar-refractivity contribution is 5.43. The monoisotopic (exact) mass is 228 g/mol. The highest BCUT2D eigenvalue weighted by atomic mass is 19.4. The number of hydrogen-bond acceptors (Lipinski definition) is 2. The fourth-order valence-corrected chi connectivity index (χ4v) is 1.23. The van der Waals surface area contributed by atoms with Crippen LogP contribution in [0, 0.1) is 28.5 Å². The van der Waals surface area contributed by atoms with Crippen LogP contribution in [0.2, 0.25) is 0 Å². The molecule has 16 heavy (non-hydrogen) atoms. The standard InChI is InChI=1S/C10H4F4N2/c11-8-4-6(1-2-15)3-7(5-16)9(8)10(12,13)14/h3-4H,1H2. The molecule has 6 heteroatoms. The first-order valence-electron chi connectivity index (χ1n) is 4.06. The molecule has 0 spiro atoms. The molecule has 0 heterocycles. The number of nitriles is 2. The molecule has 0 amide bonds. The van der Waals surface area contributed by atoms with Gasteiger partial charge in [-0.15, -0.1) is 0 Å². The van der Waals surface area contributed by atoms with Crippen LogP contribution in [-0.4, -0.2) is 0 Å². The van der Waals surface area contributed by atoms with Crippen molar-refractivity contribution in [1.29, 1.82) is 10.5 Å². The molecule has 0 aromatic heterocycles. The Kier molecular flexibility index (Phi) is 3.14. The number of alkyl halides is 3. The molecule has 0 saturated carbocycles. The summed E-state index contributed by atoms with van der Waals surface area (Å²) in [5, 5.41) is 16.8. The fourth-order valence-electron chi connectivity index (χ4n) is 1.23. The van der Waals surface area contributed by atoms with Gasteiger partial charge in [-0.3, -0.25) is 0 Å². The molecule has 0 fully saturated rings. The molecule has 0 saturated heterocycles. The fraction of sp³-hybridized carbons (Fsp3) is 0.200. The van der Waals surface area contributed by atoms with Crippen molar-refractivity contribution in [3.8, 4) is 12.1 Å². The first kappa shape index (κ1) is 12.0. The van der Waals surface area contributed by atoms with E-state index in [1.165, 1.54) is 6.07 Å². The number of benzene rings is 1. The number of hydrogen-bond donors (Lipinski definition) is 0. The molecule has 1 aromatic carbocycles. The highest BCUT2D eigenvalue weighted by Gasteiger charge is 2.37. The number of halogens is 4. The lowest BCUT2D eigenvalue weighted by Gasteiger charge is -2.10. The van der Waals surface area contributed by atoms with Gasteiger partial charge in [-0.05, 0) is 17.7 Å². The first-order chi connectivity index (χ1) is 7.40. The maximum atomic E-state index is 13.1. The zero-order chi connectivity index (χ0) is 12.3. The Bertz CT molecular complexity index is 491. The third-order valence-electron chi connectivity index (χ3n) is 1.84. The molecule has 0 aliphatic heterocycles. The molecule has 0 bridgehead atoms. The summed E-state index contributed by atoms with van der Waals surface area (Å²) in [6.07, 6.45) is -5.16. The van der Waals surface area contributed by atoms with Crippen molar-refractivity contribution in [3.63, 3.8) is 0 Å². The van der Waals surface area contributed by atoms with E-state index in [-0.39, 0.29) is 12.0 Å². The second-order valence-corrected chi connectivity index (χ2v) is 2.94. The van der Waals surface area contributed by atoms with Gasteiger partial charge in [0.1, 0.15) is 11.4 Å². The highest BCUT2D eigenvalue weighted by Crippen LogP contribution is 2.34. The predicted octanol–water partition coefficient (Wildman–Crippen LogP) is 2.78. The number of rotatable bonds is 1. The minimum atomic E-state index is -4.92. The smallest absolute Gasteiger partial charge is 0.206 e. The Labute approximate surface area is 88.3 Å². The van der Waals surface area contributed by atoms with E-state index >= 15 is 0 Å². The van der Waals surface area contributed by atoms with E-state index in [9.17, 15) is 17.6 Å². The average molecular weight is 228 g/mol. The molecule has 0 aliphatic rings. The van der Waals surface area contributed by atoms with E-state index in [2.05, 4.69) is 0 Å². The van der Waals surface area contributed by atoms with Crippen LogP contribution in [0.5, 0.6) is 0 Å². The van der Waals surface area contributed by atoms with E-state index in [1.54, 1.807) is 6.07 Å². The van der Waals surface area contributed by atoms with Crippen molar-refractivity contribution in [1.82, 2.24) is 0 Å². The SMILES string of the molecule is N#CCc1cc(F)c(C(F)(F)F)c(C#N)c1. The van der Waals surface area contributed by atoms with Crippen molar-refractivity contribution in [2.24, 2.45) is 0 Å². The van der Waals surface area contributed by atoms with Gasteiger partial charge < -0.3 is 0 Å². The summed E-state index contributed by atoms with van der Waals surface area (Å²) in [7, 11) is 0. The molecule has 0 aliphatic carbocycles. The van der Waals surface area contributed by atoms with Crippen LogP contribution in [0.25, 0.3) is 0 Å². The van der Waals surface area contributed by atoms with E-state index in [4.69, 9.17) is 10.5 Å². The van der Waals surface area contributed by atoms with E-state index in [1.807, 2.05) is 0 Å². The minimum Gasteiger partial charge on any atom is -0.206 e. The summed E-state index contributed by atoms with van der Waals surface area (Å²) in [5.41, 5.74) is -2.35. The Hall–Kier alpha value is -2.08. The molecule has 0 radical (unpaired) electrons. The molecule has 1 rings (SSSR count). The average Bonchev–Trinajstić information content (AvgIpc) is 2.15. The van der Waals surface area contributed by atoms with Gasteiger partial charge in [0.2, 0.25) is 0 Å². The van der Waals surface area contributed by atoms with Gasteiger partial charge in [0.15, 0.2) is 0 Å². The summed E-state index contributed by atoms with van der Waals surface area (Å²) in [5.74, 6) is -1.53. The third kappa shape index (κ3) is 2.29. The third-order valence-corrected chi connectivity index (χ3v) is 1.84. The summed E-state index contributed by atoms with van der Waals surface area (Å²) in [4.78, 5) is 0. The summed E-state index contributed by atoms with van der Waals surface area (Å²) in [6.45, 7) is 0. The van der Waals surface area contributed by atoms with Crippen LogP contribution in [0.15, 0.2) is 12.1 Å². The van der Waals surface area contributed by atoms with Crippen LogP contribution in [-0.2, 0) is 12.6 Å². The molecule has 82 valence electrons. The normalized spacial score (nSPS) is 10.6. The second-order valence-electron chi connectivity index (χ2n) is 2.94. The second kappa shape index (κ2) is 4.19. The van der Waals surface area contributed by atoms with Gasteiger partial charge >= 0.3 is 6.18 Å². The molecule has 1 aromatic rings. The molecular formula is C10H4F4N2. The lowest BCUT2D eigenvalue weighted by molar-refractivity contribution is -0.140. The van der Waals surface area contributed by atoms with Crippen molar-refractivity contribution in [2.45, 2.75) is 12.6 Å². The summed E-state index contributed by atoms with van der Waals surface area (Å²) >= 11 is 0. The topological polar surface area (TPSA) is 47.6 Å². The summed E-state index contributed by atoms with van der Waals surface area (Å²) < 4.78 is 50.2. The Morgan fingerprint density at radius 3 is 2.25 bits per heavy atom.